The minimum atomic E-state index is -1.31. The number of carboxylic acids is 1. The number of nitrogens with zero attached hydrogens (tertiary/aromatic N) is 1. The summed E-state index contributed by atoms with van der Waals surface area (Å²) in [6.45, 7) is 1.76. The number of halogens is 1. The minimum Gasteiger partial charge on any atom is -0.478 e. The van der Waals surface area contributed by atoms with E-state index >= 15 is 0 Å². The summed E-state index contributed by atoms with van der Waals surface area (Å²) in [7, 11) is 0. The van der Waals surface area contributed by atoms with Gasteiger partial charge in [0.15, 0.2) is 0 Å². The fourth-order valence-electron chi connectivity index (χ4n) is 2.13. The van der Waals surface area contributed by atoms with Gasteiger partial charge in [0.2, 0.25) is 11.8 Å². The van der Waals surface area contributed by atoms with Crippen molar-refractivity contribution >= 4 is 23.5 Å². The van der Waals surface area contributed by atoms with Crippen LogP contribution in [0.15, 0.2) is 18.2 Å². The zero-order chi connectivity index (χ0) is 14.2. The first-order valence-electron chi connectivity index (χ1n) is 5.78. The maximum Gasteiger partial charge on any atom is 0.337 e. The van der Waals surface area contributed by atoms with Gasteiger partial charge in [-0.15, -0.1) is 0 Å². The Hall–Kier alpha value is -2.24. The molecule has 5 nitrogen and oxygen atoms in total. The van der Waals surface area contributed by atoms with E-state index in [0.29, 0.717) is 0 Å². The van der Waals surface area contributed by atoms with E-state index in [0.717, 1.165) is 23.1 Å². The Morgan fingerprint density at radius 1 is 1.32 bits per heavy atom. The molecule has 1 aliphatic heterocycles. The molecule has 0 saturated carbocycles. The zero-order valence-corrected chi connectivity index (χ0v) is 10.2. The van der Waals surface area contributed by atoms with E-state index in [1.54, 1.807) is 6.92 Å². The molecule has 0 radical (unpaired) electrons. The summed E-state index contributed by atoms with van der Waals surface area (Å²) < 4.78 is 13.3. The Balaban J connectivity index is 2.51. The highest BCUT2D eigenvalue weighted by Crippen LogP contribution is 2.28. The minimum absolute atomic E-state index is 0.0851. The van der Waals surface area contributed by atoms with Crippen molar-refractivity contribution in [1.82, 2.24) is 0 Å². The van der Waals surface area contributed by atoms with E-state index in [1.165, 1.54) is 0 Å². The third-order valence-corrected chi connectivity index (χ3v) is 2.98. The van der Waals surface area contributed by atoms with Crippen LogP contribution in [0.1, 0.15) is 30.1 Å². The topological polar surface area (TPSA) is 74.7 Å². The molecule has 1 aromatic carbocycles. The Morgan fingerprint density at radius 3 is 2.42 bits per heavy atom. The van der Waals surface area contributed by atoms with Gasteiger partial charge in [-0.1, -0.05) is 6.92 Å². The van der Waals surface area contributed by atoms with Crippen molar-refractivity contribution in [3.8, 4) is 0 Å². The first-order valence-corrected chi connectivity index (χ1v) is 5.78. The number of carboxylic acid groups (broad SMARTS) is 1. The van der Waals surface area contributed by atoms with Crippen LogP contribution in [-0.4, -0.2) is 22.9 Å². The summed E-state index contributed by atoms with van der Waals surface area (Å²) in [5.41, 5.74) is -0.466. The monoisotopic (exact) mass is 265 g/mol. The van der Waals surface area contributed by atoms with Gasteiger partial charge in [-0.2, -0.15) is 0 Å². The van der Waals surface area contributed by atoms with Crippen molar-refractivity contribution in [2.45, 2.75) is 19.8 Å². The quantitative estimate of drug-likeness (QED) is 0.827. The lowest BCUT2D eigenvalue weighted by atomic mass is 9.96. The van der Waals surface area contributed by atoms with Crippen molar-refractivity contribution < 1.29 is 23.9 Å². The first kappa shape index (κ1) is 13.2. The SMILES string of the molecule is CC1CC(=O)N(c2cc(F)ccc2C(=O)O)C(=O)C1. The molecule has 0 spiro atoms. The third-order valence-electron chi connectivity index (χ3n) is 2.98. The molecule has 0 aromatic heterocycles. The number of hydrogen-bond donors (Lipinski definition) is 1. The number of piperidine rings is 1. The Bertz CT molecular complexity index is 552. The van der Waals surface area contributed by atoms with Crippen LogP contribution in [0.3, 0.4) is 0 Å². The van der Waals surface area contributed by atoms with E-state index in [4.69, 9.17) is 5.11 Å². The predicted octanol–water partition coefficient (Wildman–Crippen LogP) is 1.81. The van der Waals surface area contributed by atoms with Crippen LogP contribution in [0.25, 0.3) is 0 Å². The lowest BCUT2D eigenvalue weighted by Gasteiger charge is -2.29. The second kappa shape index (κ2) is 4.79. The summed E-state index contributed by atoms with van der Waals surface area (Å²) in [5.74, 6) is -3.10. The van der Waals surface area contributed by atoms with Crippen molar-refractivity contribution in [2.75, 3.05) is 4.90 Å². The summed E-state index contributed by atoms with van der Waals surface area (Å²) in [4.78, 5) is 35.6. The molecule has 100 valence electrons. The van der Waals surface area contributed by atoms with Crippen LogP contribution in [-0.2, 0) is 9.59 Å². The summed E-state index contributed by atoms with van der Waals surface area (Å²) >= 11 is 0. The Kier molecular flexibility index (Phi) is 3.33. The van der Waals surface area contributed by atoms with Gasteiger partial charge in [0.1, 0.15) is 5.82 Å². The zero-order valence-electron chi connectivity index (χ0n) is 10.2. The molecular weight excluding hydrogens is 253 g/mol. The van der Waals surface area contributed by atoms with Crippen LogP contribution in [0.2, 0.25) is 0 Å². The molecule has 1 aromatic rings. The second-order valence-corrected chi connectivity index (χ2v) is 4.60. The van der Waals surface area contributed by atoms with Crippen LogP contribution in [0, 0.1) is 11.7 Å². The second-order valence-electron chi connectivity index (χ2n) is 4.60. The van der Waals surface area contributed by atoms with Crippen molar-refractivity contribution in [2.24, 2.45) is 5.92 Å². The van der Waals surface area contributed by atoms with E-state index in [1.807, 2.05) is 0 Å². The van der Waals surface area contributed by atoms with E-state index < -0.39 is 23.6 Å². The van der Waals surface area contributed by atoms with E-state index in [9.17, 15) is 18.8 Å². The molecule has 2 amide bonds. The Morgan fingerprint density at radius 2 is 1.89 bits per heavy atom. The predicted molar refractivity (Wildman–Crippen MR) is 64.3 cm³/mol. The lowest BCUT2D eigenvalue weighted by Crippen LogP contribution is -2.43. The average molecular weight is 265 g/mol. The highest BCUT2D eigenvalue weighted by Gasteiger charge is 2.33. The molecule has 1 fully saturated rings. The van der Waals surface area contributed by atoms with Gasteiger partial charge in [0.05, 0.1) is 11.3 Å². The number of carbonyl (C=O) groups is 3. The molecule has 1 saturated heterocycles. The van der Waals surface area contributed by atoms with Gasteiger partial charge < -0.3 is 5.11 Å². The molecule has 0 aliphatic carbocycles. The number of benzene rings is 1. The van der Waals surface area contributed by atoms with Crippen molar-refractivity contribution in [3.05, 3.63) is 29.6 Å². The van der Waals surface area contributed by atoms with Gasteiger partial charge in [-0.05, 0) is 24.1 Å². The highest BCUT2D eigenvalue weighted by atomic mass is 19.1. The highest BCUT2D eigenvalue weighted by molar-refractivity contribution is 6.18. The maximum absolute atomic E-state index is 13.3. The van der Waals surface area contributed by atoms with Crippen LogP contribution < -0.4 is 4.90 Å². The number of carbonyl (C=O) groups excluding carboxylic acids is 2. The number of hydrogen-bond acceptors (Lipinski definition) is 3. The molecule has 1 N–H and O–H groups in total. The number of imide groups is 1. The molecule has 6 heteroatoms. The molecule has 1 aliphatic rings. The van der Waals surface area contributed by atoms with Crippen LogP contribution in [0.5, 0.6) is 0 Å². The van der Waals surface area contributed by atoms with Gasteiger partial charge >= 0.3 is 5.97 Å². The van der Waals surface area contributed by atoms with Crippen molar-refractivity contribution in [3.63, 3.8) is 0 Å². The maximum atomic E-state index is 13.3. The van der Waals surface area contributed by atoms with Crippen LogP contribution >= 0.6 is 0 Å². The molecule has 0 atom stereocenters. The smallest absolute Gasteiger partial charge is 0.337 e. The summed E-state index contributed by atoms with van der Waals surface area (Å²) in [6, 6.07) is 2.93. The lowest BCUT2D eigenvalue weighted by molar-refractivity contribution is -0.130. The standard InChI is InChI=1S/C13H12FNO4/c1-7-4-11(16)15(12(17)5-7)10-6-8(14)2-3-9(10)13(18)19/h2-3,6-7H,4-5H2,1H3,(H,18,19). The Labute approximate surface area is 108 Å². The third kappa shape index (κ3) is 2.47. The number of amides is 2. The fourth-order valence-corrected chi connectivity index (χ4v) is 2.13. The first-order chi connectivity index (χ1) is 8.90. The molecule has 19 heavy (non-hydrogen) atoms. The van der Waals surface area contributed by atoms with Gasteiger partial charge in [-0.3, -0.25) is 9.59 Å². The number of anilines is 1. The molecular formula is C13H12FNO4. The van der Waals surface area contributed by atoms with E-state index in [-0.39, 0.29) is 30.0 Å². The van der Waals surface area contributed by atoms with Gasteiger partial charge in [-0.25, -0.2) is 14.1 Å². The number of rotatable bonds is 2. The largest absolute Gasteiger partial charge is 0.478 e. The van der Waals surface area contributed by atoms with Gasteiger partial charge in [0, 0.05) is 12.8 Å². The summed E-state index contributed by atoms with van der Waals surface area (Å²) in [5, 5.41) is 9.04. The van der Waals surface area contributed by atoms with Crippen molar-refractivity contribution in [1.29, 1.82) is 0 Å². The molecule has 0 unspecified atom stereocenters. The average Bonchev–Trinajstić information content (AvgIpc) is 2.27. The fraction of sp³-hybridized carbons (Fsp3) is 0.308. The molecule has 2 rings (SSSR count). The van der Waals surface area contributed by atoms with Crippen LogP contribution in [0.4, 0.5) is 10.1 Å². The number of aromatic carboxylic acids is 1. The van der Waals surface area contributed by atoms with Gasteiger partial charge in [0.25, 0.3) is 0 Å². The summed E-state index contributed by atoms with van der Waals surface area (Å²) in [6.07, 6.45) is 0.280. The molecule has 1 heterocycles. The normalized spacial score (nSPS) is 16.8. The van der Waals surface area contributed by atoms with E-state index in [2.05, 4.69) is 0 Å². The molecule has 0 bridgehead atoms.